The van der Waals surface area contributed by atoms with Crippen molar-refractivity contribution in [1.82, 2.24) is 4.90 Å². The average Bonchev–Trinajstić information content (AvgIpc) is 2.63. The van der Waals surface area contributed by atoms with Crippen LogP contribution in [-0.2, 0) is 6.54 Å². The van der Waals surface area contributed by atoms with E-state index >= 15 is 0 Å². The van der Waals surface area contributed by atoms with Crippen LogP contribution in [0.25, 0.3) is 10.8 Å². The smallest absolute Gasteiger partial charge is 0.124 e. The Morgan fingerprint density at radius 2 is 1.96 bits per heavy atom. The van der Waals surface area contributed by atoms with Gasteiger partial charge in [-0.05, 0) is 35.4 Å². The summed E-state index contributed by atoms with van der Waals surface area (Å²) in [5.41, 5.74) is 1.11. The molecule has 0 aromatic heterocycles. The molecule has 2 atom stereocenters. The average molecular weight is 331 g/mol. The highest BCUT2D eigenvalue weighted by Crippen LogP contribution is 2.32. The topological polar surface area (TPSA) is 62.2 Å². The summed E-state index contributed by atoms with van der Waals surface area (Å²) in [5, 5.41) is 21.7. The molecule has 3 rings (SSSR count). The molecule has 1 aliphatic heterocycles. The second kappa shape index (κ2) is 7.38. The summed E-state index contributed by atoms with van der Waals surface area (Å²) in [5.74, 6) is 1.58. The molecule has 0 aliphatic carbocycles. The van der Waals surface area contributed by atoms with E-state index < -0.39 is 6.10 Å². The number of hydrogen-bond acceptors (Lipinski definition) is 5. The standard InChI is InChI=1S/C19H25NO4/c1-23-15-5-3-13-4-6-19(24-2)17(16(13)9-15)11-20-8-7-18(22)14(10-20)12-21/h3-6,9,14,18,21-22H,7-8,10-12H2,1-2H3/t14-,18-/m1/s1. The van der Waals surface area contributed by atoms with Crippen LogP contribution < -0.4 is 9.47 Å². The Hall–Kier alpha value is -1.82. The highest BCUT2D eigenvalue weighted by molar-refractivity contribution is 5.89. The first-order valence-corrected chi connectivity index (χ1v) is 8.31. The van der Waals surface area contributed by atoms with Gasteiger partial charge in [0.2, 0.25) is 0 Å². The summed E-state index contributed by atoms with van der Waals surface area (Å²) >= 11 is 0. The van der Waals surface area contributed by atoms with E-state index in [0.29, 0.717) is 13.0 Å². The van der Waals surface area contributed by atoms with E-state index in [0.717, 1.165) is 40.9 Å². The van der Waals surface area contributed by atoms with Crippen molar-refractivity contribution in [2.75, 3.05) is 33.9 Å². The molecule has 2 N–H and O–H groups in total. The van der Waals surface area contributed by atoms with Crippen LogP contribution in [0.1, 0.15) is 12.0 Å². The maximum atomic E-state index is 9.97. The van der Waals surface area contributed by atoms with E-state index in [9.17, 15) is 10.2 Å². The SMILES string of the molecule is COc1ccc2ccc(OC)c(CN3CC[C@@H](O)[C@@H](CO)C3)c2c1. The number of benzene rings is 2. The lowest BCUT2D eigenvalue weighted by atomic mass is 9.94. The van der Waals surface area contributed by atoms with Crippen LogP contribution in [0.5, 0.6) is 11.5 Å². The summed E-state index contributed by atoms with van der Waals surface area (Å²) < 4.78 is 10.9. The van der Waals surface area contributed by atoms with Gasteiger partial charge in [0.1, 0.15) is 11.5 Å². The monoisotopic (exact) mass is 331 g/mol. The molecule has 0 radical (unpaired) electrons. The number of methoxy groups -OCH3 is 2. The number of likely N-dealkylation sites (tertiary alicyclic amines) is 1. The molecule has 2 aromatic carbocycles. The van der Waals surface area contributed by atoms with Crippen LogP contribution in [0.2, 0.25) is 0 Å². The van der Waals surface area contributed by atoms with Crippen molar-refractivity contribution in [3.63, 3.8) is 0 Å². The number of rotatable bonds is 5. The zero-order valence-corrected chi connectivity index (χ0v) is 14.2. The van der Waals surface area contributed by atoms with Gasteiger partial charge >= 0.3 is 0 Å². The minimum Gasteiger partial charge on any atom is -0.497 e. The van der Waals surface area contributed by atoms with Crippen molar-refractivity contribution >= 4 is 10.8 Å². The van der Waals surface area contributed by atoms with Crippen molar-refractivity contribution in [3.8, 4) is 11.5 Å². The Labute approximate surface area is 142 Å². The molecule has 1 fully saturated rings. The molecule has 1 saturated heterocycles. The number of aliphatic hydroxyl groups is 2. The molecule has 0 bridgehead atoms. The lowest BCUT2D eigenvalue weighted by Crippen LogP contribution is -2.44. The van der Waals surface area contributed by atoms with E-state index in [1.165, 1.54) is 0 Å². The fraction of sp³-hybridized carbons (Fsp3) is 0.474. The van der Waals surface area contributed by atoms with Gasteiger partial charge in [-0.2, -0.15) is 0 Å². The first kappa shape index (κ1) is 17.0. The molecule has 0 spiro atoms. The minimum absolute atomic E-state index is 0.0121. The van der Waals surface area contributed by atoms with Gasteiger partial charge in [-0.15, -0.1) is 0 Å². The van der Waals surface area contributed by atoms with Crippen LogP contribution in [0.3, 0.4) is 0 Å². The molecule has 0 unspecified atom stereocenters. The van der Waals surface area contributed by atoms with Crippen molar-refractivity contribution in [2.24, 2.45) is 5.92 Å². The molecule has 5 nitrogen and oxygen atoms in total. The molecule has 1 aliphatic rings. The van der Waals surface area contributed by atoms with Crippen molar-refractivity contribution in [2.45, 2.75) is 19.1 Å². The Morgan fingerprint density at radius 1 is 1.17 bits per heavy atom. The number of fused-ring (bicyclic) bond motifs is 1. The number of aliphatic hydroxyl groups excluding tert-OH is 2. The van der Waals surface area contributed by atoms with E-state index in [2.05, 4.69) is 4.90 Å². The van der Waals surface area contributed by atoms with Crippen LogP contribution in [0, 0.1) is 5.92 Å². The first-order chi connectivity index (χ1) is 11.7. The van der Waals surface area contributed by atoms with Gasteiger partial charge in [-0.1, -0.05) is 12.1 Å². The quantitative estimate of drug-likeness (QED) is 0.878. The second-order valence-electron chi connectivity index (χ2n) is 6.37. The second-order valence-corrected chi connectivity index (χ2v) is 6.37. The van der Waals surface area contributed by atoms with Gasteiger partial charge in [0.25, 0.3) is 0 Å². The van der Waals surface area contributed by atoms with Gasteiger partial charge in [-0.25, -0.2) is 0 Å². The zero-order chi connectivity index (χ0) is 17.1. The Kier molecular flexibility index (Phi) is 5.23. The van der Waals surface area contributed by atoms with Crippen LogP contribution in [0.15, 0.2) is 30.3 Å². The molecule has 5 heteroatoms. The fourth-order valence-corrected chi connectivity index (χ4v) is 3.46. The largest absolute Gasteiger partial charge is 0.497 e. The highest BCUT2D eigenvalue weighted by atomic mass is 16.5. The molecule has 24 heavy (non-hydrogen) atoms. The number of ether oxygens (including phenoxy) is 2. The lowest BCUT2D eigenvalue weighted by Gasteiger charge is -2.35. The van der Waals surface area contributed by atoms with E-state index in [-0.39, 0.29) is 12.5 Å². The van der Waals surface area contributed by atoms with Gasteiger partial charge in [0.05, 0.1) is 20.3 Å². The van der Waals surface area contributed by atoms with Crippen LogP contribution in [-0.4, -0.2) is 55.1 Å². The molecule has 130 valence electrons. The third-order valence-corrected chi connectivity index (χ3v) is 4.91. The summed E-state index contributed by atoms with van der Waals surface area (Å²) in [4.78, 5) is 2.27. The number of nitrogens with zero attached hydrogens (tertiary/aromatic N) is 1. The summed E-state index contributed by atoms with van der Waals surface area (Å²) in [6.45, 7) is 2.22. The number of hydrogen-bond donors (Lipinski definition) is 2. The van der Waals surface area contributed by atoms with Gasteiger partial charge in [0, 0.05) is 37.7 Å². The molecule has 0 amide bonds. The third-order valence-electron chi connectivity index (χ3n) is 4.91. The summed E-state index contributed by atoms with van der Waals surface area (Å²) in [6.07, 6.45) is 0.266. The summed E-state index contributed by atoms with van der Waals surface area (Å²) in [6, 6.07) is 10.1. The van der Waals surface area contributed by atoms with E-state index in [4.69, 9.17) is 9.47 Å². The summed E-state index contributed by atoms with van der Waals surface area (Å²) in [7, 11) is 3.35. The molecular weight excluding hydrogens is 306 g/mol. The maximum Gasteiger partial charge on any atom is 0.124 e. The Bertz CT molecular complexity index is 698. The van der Waals surface area contributed by atoms with Crippen molar-refractivity contribution in [1.29, 1.82) is 0 Å². The highest BCUT2D eigenvalue weighted by Gasteiger charge is 2.28. The van der Waals surface area contributed by atoms with Crippen LogP contribution >= 0.6 is 0 Å². The van der Waals surface area contributed by atoms with Gasteiger partial charge < -0.3 is 19.7 Å². The zero-order valence-electron chi connectivity index (χ0n) is 14.2. The van der Waals surface area contributed by atoms with E-state index in [1.54, 1.807) is 14.2 Å². The molecule has 2 aromatic rings. The molecular formula is C19H25NO4. The van der Waals surface area contributed by atoms with E-state index in [1.807, 2.05) is 30.3 Å². The van der Waals surface area contributed by atoms with Crippen LogP contribution in [0.4, 0.5) is 0 Å². The van der Waals surface area contributed by atoms with Gasteiger partial charge in [-0.3, -0.25) is 4.90 Å². The number of piperidine rings is 1. The Morgan fingerprint density at radius 3 is 2.67 bits per heavy atom. The normalized spacial score (nSPS) is 21.8. The lowest BCUT2D eigenvalue weighted by molar-refractivity contribution is -0.00204. The van der Waals surface area contributed by atoms with Crippen molar-refractivity contribution < 1.29 is 19.7 Å². The minimum atomic E-state index is -0.416. The third kappa shape index (κ3) is 3.34. The first-order valence-electron chi connectivity index (χ1n) is 8.31. The fourth-order valence-electron chi connectivity index (χ4n) is 3.46. The van der Waals surface area contributed by atoms with Gasteiger partial charge in [0.15, 0.2) is 0 Å². The Balaban J connectivity index is 1.95. The molecule has 0 saturated carbocycles. The molecule has 1 heterocycles. The predicted molar refractivity (Wildman–Crippen MR) is 93.5 cm³/mol. The van der Waals surface area contributed by atoms with Crippen molar-refractivity contribution in [3.05, 3.63) is 35.9 Å². The predicted octanol–water partition coefficient (Wildman–Crippen LogP) is 2.03. The maximum absolute atomic E-state index is 9.97.